The average molecular weight is 406 g/mol. The second kappa shape index (κ2) is 7.21. The van der Waals surface area contributed by atoms with Crippen LogP contribution in [-0.2, 0) is 15.1 Å². The summed E-state index contributed by atoms with van der Waals surface area (Å²) in [5.74, 6) is -1.01. The molecule has 0 spiro atoms. The quantitative estimate of drug-likeness (QED) is 0.760. The molecule has 2 aromatic carbocycles. The molecule has 1 fully saturated rings. The number of halogens is 2. The number of hydrogen-bond acceptors (Lipinski definition) is 3. The molecule has 27 heavy (non-hydrogen) atoms. The Labute approximate surface area is 166 Å². The Kier molecular flexibility index (Phi) is 5.13. The molecule has 4 amide bonds. The van der Waals surface area contributed by atoms with E-state index in [1.807, 2.05) is 19.1 Å². The summed E-state index contributed by atoms with van der Waals surface area (Å²) in [5, 5.41) is 5.91. The minimum absolute atomic E-state index is 0.271. The van der Waals surface area contributed by atoms with E-state index in [1.165, 1.54) is 6.07 Å². The third-order valence-electron chi connectivity index (χ3n) is 4.41. The van der Waals surface area contributed by atoms with Crippen LogP contribution in [0.15, 0.2) is 42.5 Å². The summed E-state index contributed by atoms with van der Waals surface area (Å²) < 4.78 is 0. The highest BCUT2D eigenvalue weighted by molar-refractivity contribution is 6.42. The number of nitrogens with one attached hydrogen (secondary N) is 2. The number of nitrogens with zero attached hydrogens (tertiary/aromatic N) is 1. The first kappa shape index (κ1) is 19.2. The van der Waals surface area contributed by atoms with Crippen LogP contribution in [0.4, 0.5) is 10.5 Å². The van der Waals surface area contributed by atoms with Crippen LogP contribution in [0.3, 0.4) is 0 Å². The van der Waals surface area contributed by atoms with E-state index in [9.17, 15) is 14.4 Å². The van der Waals surface area contributed by atoms with Gasteiger partial charge in [-0.15, -0.1) is 0 Å². The smallest absolute Gasteiger partial charge is 0.325 e. The second-order valence-electron chi connectivity index (χ2n) is 6.49. The Balaban J connectivity index is 1.76. The number of amides is 4. The molecule has 1 heterocycles. The third-order valence-corrected chi connectivity index (χ3v) is 5.15. The zero-order chi connectivity index (χ0) is 19.8. The number of aryl methyl sites for hydroxylation is 1. The first-order valence-corrected chi connectivity index (χ1v) is 8.92. The molecule has 1 atom stereocenters. The van der Waals surface area contributed by atoms with Gasteiger partial charge in [-0.2, -0.15) is 0 Å². The summed E-state index contributed by atoms with van der Waals surface area (Å²) in [4.78, 5) is 38.3. The number of imide groups is 1. The monoisotopic (exact) mass is 405 g/mol. The largest absolute Gasteiger partial charge is 0.325 e. The molecular weight excluding hydrogens is 389 g/mol. The third kappa shape index (κ3) is 3.77. The highest BCUT2D eigenvalue weighted by atomic mass is 35.5. The van der Waals surface area contributed by atoms with Gasteiger partial charge in [0.05, 0.1) is 10.0 Å². The number of carbonyl (C=O) groups is 3. The Bertz CT molecular complexity index is 930. The fourth-order valence-corrected chi connectivity index (χ4v) is 3.12. The van der Waals surface area contributed by atoms with Gasteiger partial charge in [0.15, 0.2) is 0 Å². The van der Waals surface area contributed by atoms with Gasteiger partial charge in [0.2, 0.25) is 5.91 Å². The SMILES string of the molecule is Cc1ccc(NC(=O)CN2C(=O)NC(C)(c3ccc(Cl)c(Cl)c3)C2=O)cc1. The predicted molar refractivity (Wildman–Crippen MR) is 104 cm³/mol. The van der Waals surface area contributed by atoms with Crippen molar-refractivity contribution in [3.63, 3.8) is 0 Å². The van der Waals surface area contributed by atoms with Gasteiger partial charge in [-0.3, -0.25) is 14.5 Å². The highest BCUT2D eigenvalue weighted by Crippen LogP contribution is 2.32. The van der Waals surface area contributed by atoms with E-state index in [0.29, 0.717) is 16.3 Å². The van der Waals surface area contributed by atoms with Crippen LogP contribution in [0, 0.1) is 6.92 Å². The maximum absolute atomic E-state index is 12.9. The van der Waals surface area contributed by atoms with Gasteiger partial charge < -0.3 is 10.6 Å². The summed E-state index contributed by atoms with van der Waals surface area (Å²) >= 11 is 11.9. The molecule has 1 aliphatic rings. The zero-order valence-corrected chi connectivity index (χ0v) is 16.2. The number of rotatable bonds is 4. The molecule has 1 saturated heterocycles. The van der Waals surface area contributed by atoms with Gasteiger partial charge in [-0.05, 0) is 43.7 Å². The number of urea groups is 1. The van der Waals surface area contributed by atoms with Crippen molar-refractivity contribution in [3.8, 4) is 0 Å². The van der Waals surface area contributed by atoms with E-state index in [1.54, 1.807) is 31.2 Å². The normalized spacial score (nSPS) is 19.2. The summed E-state index contributed by atoms with van der Waals surface area (Å²) in [7, 11) is 0. The summed E-state index contributed by atoms with van der Waals surface area (Å²) in [6.07, 6.45) is 0. The van der Waals surface area contributed by atoms with Crippen molar-refractivity contribution in [2.75, 3.05) is 11.9 Å². The second-order valence-corrected chi connectivity index (χ2v) is 7.30. The van der Waals surface area contributed by atoms with Crippen molar-refractivity contribution >= 4 is 46.7 Å². The van der Waals surface area contributed by atoms with Crippen LogP contribution in [0.2, 0.25) is 10.0 Å². The molecule has 2 aromatic rings. The average Bonchev–Trinajstić information content (AvgIpc) is 2.83. The van der Waals surface area contributed by atoms with Crippen molar-refractivity contribution in [2.24, 2.45) is 0 Å². The summed E-state index contributed by atoms with van der Waals surface area (Å²) in [6, 6.07) is 11.2. The molecule has 8 heteroatoms. The minimum Gasteiger partial charge on any atom is -0.325 e. The van der Waals surface area contributed by atoms with Crippen molar-refractivity contribution in [1.29, 1.82) is 0 Å². The van der Waals surface area contributed by atoms with Gasteiger partial charge >= 0.3 is 6.03 Å². The molecule has 1 aliphatic heterocycles. The van der Waals surface area contributed by atoms with Gasteiger partial charge in [0.1, 0.15) is 12.1 Å². The molecule has 3 rings (SSSR count). The first-order chi connectivity index (χ1) is 12.7. The van der Waals surface area contributed by atoms with Crippen molar-refractivity contribution in [3.05, 3.63) is 63.6 Å². The molecule has 0 bridgehead atoms. The lowest BCUT2D eigenvalue weighted by molar-refractivity contribution is -0.133. The Morgan fingerprint density at radius 3 is 2.41 bits per heavy atom. The van der Waals surface area contributed by atoms with Gasteiger partial charge in [-0.25, -0.2) is 4.79 Å². The summed E-state index contributed by atoms with van der Waals surface area (Å²) in [6.45, 7) is 3.10. The van der Waals surface area contributed by atoms with Gasteiger partial charge in [0.25, 0.3) is 5.91 Å². The van der Waals surface area contributed by atoms with Crippen LogP contribution in [0.25, 0.3) is 0 Å². The van der Waals surface area contributed by atoms with E-state index >= 15 is 0 Å². The molecule has 140 valence electrons. The van der Waals surface area contributed by atoms with Crippen LogP contribution in [-0.4, -0.2) is 29.3 Å². The summed E-state index contributed by atoms with van der Waals surface area (Å²) in [5.41, 5.74) is 0.802. The molecule has 0 aliphatic carbocycles. The zero-order valence-electron chi connectivity index (χ0n) is 14.7. The molecule has 1 unspecified atom stereocenters. The Morgan fingerprint density at radius 2 is 1.78 bits per heavy atom. The van der Waals surface area contributed by atoms with Gasteiger partial charge in [0, 0.05) is 5.69 Å². The maximum Gasteiger partial charge on any atom is 0.325 e. The van der Waals surface area contributed by atoms with Crippen LogP contribution in [0.5, 0.6) is 0 Å². The molecule has 6 nitrogen and oxygen atoms in total. The van der Waals surface area contributed by atoms with E-state index in [4.69, 9.17) is 23.2 Å². The fraction of sp³-hybridized carbons (Fsp3) is 0.211. The molecular formula is C19H17Cl2N3O3. The van der Waals surface area contributed by atoms with E-state index < -0.39 is 29.9 Å². The number of hydrogen-bond donors (Lipinski definition) is 2. The molecule has 0 aromatic heterocycles. The van der Waals surface area contributed by atoms with Crippen LogP contribution < -0.4 is 10.6 Å². The van der Waals surface area contributed by atoms with Crippen LogP contribution >= 0.6 is 23.2 Å². The number of carbonyl (C=O) groups excluding carboxylic acids is 3. The van der Waals surface area contributed by atoms with E-state index in [2.05, 4.69) is 10.6 Å². The van der Waals surface area contributed by atoms with Crippen molar-refractivity contribution in [2.45, 2.75) is 19.4 Å². The topological polar surface area (TPSA) is 78.5 Å². The van der Waals surface area contributed by atoms with E-state index in [-0.39, 0.29) is 5.02 Å². The van der Waals surface area contributed by atoms with Crippen LogP contribution in [0.1, 0.15) is 18.1 Å². The lowest BCUT2D eigenvalue weighted by atomic mass is 9.92. The Hall–Kier alpha value is -2.57. The fourth-order valence-electron chi connectivity index (χ4n) is 2.82. The number of benzene rings is 2. The van der Waals surface area contributed by atoms with E-state index in [0.717, 1.165) is 10.5 Å². The standard InChI is InChI=1S/C19H17Cl2N3O3/c1-11-3-6-13(7-4-11)22-16(25)10-24-17(26)19(2,23-18(24)27)12-5-8-14(20)15(21)9-12/h3-9H,10H2,1-2H3,(H,22,25)(H,23,27). The van der Waals surface area contributed by atoms with Gasteiger partial charge in [-0.1, -0.05) is 47.0 Å². The maximum atomic E-state index is 12.9. The molecule has 0 saturated carbocycles. The lowest BCUT2D eigenvalue weighted by Crippen LogP contribution is -2.42. The molecule has 0 radical (unpaired) electrons. The molecule has 2 N–H and O–H groups in total. The Morgan fingerprint density at radius 1 is 1.11 bits per heavy atom. The first-order valence-electron chi connectivity index (χ1n) is 8.17. The number of anilines is 1. The predicted octanol–water partition coefficient (Wildman–Crippen LogP) is 3.71. The lowest BCUT2D eigenvalue weighted by Gasteiger charge is -2.22. The van der Waals surface area contributed by atoms with Crippen molar-refractivity contribution < 1.29 is 14.4 Å². The minimum atomic E-state index is -1.32. The highest BCUT2D eigenvalue weighted by Gasteiger charge is 2.49. The van der Waals surface area contributed by atoms with Crippen molar-refractivity contribution in [1.82, 2.24) is 10.2 Å².